The van der Waals surface area contributed by atoms with Crippen molar-refractivity contribution < 1.29 is 10.2 Å². The van der Waals surface area contributed by atoms with Crippen molar-refractivity contribution >= 4 is 23.5 Å². The summed E-state index contributed by atoms with van der Waals surface area (Å²) in [6.45, 7) is 0. The van der Waals surface area contributed by atoms with Gasteiger partial charge in [0, 0.05) is 0 Å². The van der Waals surface area contributed by atoms with E-state index in [0.29, 0.717) is 5.56 Å². The fourth-order valence-electron chi connectivity index (χ4n) is 0.818. The summed E-state index contributed by atoms with van der Waals surface area (Å²) in [7, 11) is 0. The number of thiocarbonyl (C=S) groups is 1. The summed E-state index contributed by atoms with van der Waals surface area (Å²) in [6.07, 6.45) is 1.42. The lowest BCUT2D eigenvalue weighted by molar-refractivity contribution is 0.403. The number of aromatic hydroxyl groups is 2. The van der Waals surface area contributed by atoms with Crippen molar-refractivity contribution in [3.63, 3.8) is 0 Å². The van der Waals surface area contributed by atoms with Crippen LogP contribution in [0.15, 0.2) is 23.3 Å². The minimum absolute atomic E-state index is 0.175. The Morgan fingerprint density at radius 3 is 2.73 bits per heavy atom. The molecule has 1 aromatic rings. The summed E-state index contributed by atoms with van der Waals surface area (Å²) in [5.74, 6) is 4.60. The van der Waals surface area contributed by atoms with Gasteiger partial charge >= 0.3 is 0 Å². The Morgan fingerprint density at radius 2 is 2.13 bits per heavy atom. The number of phenolic OH excluding ortho intramolecular Hbond substituents is 2. The zero-order chi connectivity index (χ0) is 11.3. The second-order valence-corrected chi connectivity index (χ2v) is 3.00. The quantitative estimate of drug-likeness (QED) is 0.157. The van der Waals surface area contributed by atoms with Crippen LogP contribution in [-0.4, -0.2) is 21.5 Å². The van der Waals surface area contributed by atoms with E-state index >= 15 is 0 Å². The Bertz CT molecular complexity index is 394. The van der Waals surface area contributed by atoms with E-state index in [2.05, 4.69) is 28.2 Å². The number of rotatable bonds is 2. The standard InChI is InChI=1S/C8H10N4O2S/c9-11-8(15)12-10-4-5-1-2-6(13)7(14)3-5/h1-4,13-14H,9H2,(H2,11,12,15). The first kappa shape index (κ1) is 11.2. The smallest absolute Gasteiger partial charge is 0.201 e. The van der Waals surface area contributed by atoms with Gasteiger partial charge in [-0.2, -0.15) is 5.10 Å². The van der Waals surface area contributed by atoms with Gasteiger partial charge in [0.1, 0.15) is 0 Å². The van der Waals surface area contributed by atoms with Gasteiger partial charge in [0.15, 0.2) is 11.5 Å². The molecule has 15 heavy (non-hydrogen) atoms. The maximum atomic E-state index is 9.16. The number of hydrazine groups is 1. The second kappa shape index (κ2) is 5.13. The molecule has 0 fully saturated rings. The van der Waals surface area contributed by atoms with Crippen molar-refractivity contribution in [1.82, 2.24) is 10.9 Å². The Morgan fingerprint density at radius 1 is 1.40 bits per heavy atom. The number of benzene rings is 1. The van der Waals surface area contributed by atoms with Gasteiger partial charge in [-0.15, -0.1) is 0 Å². The predicted octanol–water partition coefficient (Wildman–Crippen LogP) is -0.231. The lowest BCUT2D eigenvalue weighted by Gasteiger charge is -2.00. The average Bonchev–Trinajstić information content (AvgIpc) is 2.23. The molecule has 0 aliphatic rings. The third kappa shape index (κ3) is 3.41. The van der Waals surface area contributed by atoms with E-state index in [1.54, 1.807) is 6.07 Å². The van der Waals surface area contributed by atoms with Crippen molar-refractivity contribution in [1.29, 1.82) is 0 Å². The molecule has 0 atom stereocenters. The van der Waals surface area contributed by atoms with Crippen LogP contribution >= 0.6 is 12.2 Å². The monoisotopic (exact) mass is 226 g/mol. The number of hydrogen-bond acceptors (Lipinski definition) is 5. The minimum Gasteiger partial charge on any atom is -0.504 e. The van der Waals surface area contributed by atoms with Crippen LogP contribution in [0.25, 0.3) is 0 Å². The fraction of sp³-hybridized carbons (Fsp3) is 0. The maximum Gasteiger partial charge on any atom is 0.201 e. The summed E-state index contributed by atoms with van der Waals surface area (Å²) in [4.78, 5) is 0. The molecular formula is C8H10N4O2S. The SMILES string of the molecule is NNC(=S)NN=Cc1ccc(O)c(O)c1. The van der Waals surface area contributed by atoms with Crippen LogP contribution in [0.1, 0.15) is 5.56 Å². The lowest BCUT2D eigenvalue weighted by atomic mass is 10.2. The molecule has 0 saturated heterocycles. The number of phenols is 2. The fourth-order valence-corrected chi connectivity index (χ4v) is 0.871. The summed E-state index contributed by atoms with van der Waals surface area (Å²) in [5, 5.41) is 22.1. The summed E-state index contributed by atoms with van der Waals surface area (Å²) in [5.41, 5.74) is 5.23. The Balaban J connectivity index is 2.65. The topological polar surface area (TPSA) is 103 Å². The summed E-state index contributed by atoms with van der Waals surface area (Å²) in [6, 6.07) is 4.30. The zero-order valence-corrected chi connectivity index (χ0v) is 8.45. The highest BCUT2D eigenvalue weighted by molar-refractivity contribution is 7.80. The molecule has 6 nitrogen and oxygen atoms in total. The molecule has 0 saturated carbocycles. The van der Waals surface area contributed by atoms with Crippen LogP contribution in [0.4, 0.5) is 0 Å². The van der Waals surface area contributed by atoms with Crippen LogP contribution in [-0.2, 0) is 0 Å². The van der Waals surface area contributed by atoms with E-state index in [1.807, 2.05) is 0 Å². The third-order valence-electron chi connectivity index (χ3n) is 1.51. The normalized spacial score (nSPS) is 10.2. The Kier molecular flexibility index (Phi) is 3.83. The first-order valence-corrected chi connectivity index (χ1v) is 4.36. The van der Waals surface area contributed by atoms with Gasteiger partial charge in [-0.1, -0.05) is 0 Å². The largest absolute Gasteiger partial charge is 0.504 e. The van der Waals surface area contributed by atoms with Gasteiger partial charge in [0.05, 0.1) is 6.21 Å². The minimum atomic E-state index is -0.210. The van der Waals surface area contributed by atoms with E-state index in [0.717, 1.165) is 0 Å². The van der Waals surface area contributed by atoms with E-state index in [1.165, 1.54) is 18.3 Å². The zero-order valence-electron chi connectivity index (χ0n) is 7.64. The van der Waals surface area contributed by atoms with E-state index in [-0.39, 0.29) is 16.6 Å². The first-order valence-electron chi connectivity index (χ1n) is 3.95. The highest BCUT2D eigenvalue weighted by atomic mass is 32.1. The molecule has 0 unspecified atom stereocenters. The summed E-state index contributed by atoms with van der Waals surface area (Å²) >= 11 is 4.67. The van der Waals surface area contributed by atoms with Crippen LogP contribution in [0.2, 0.25) is 0 Å². The molecule has 0 amide bonds. The van der Waals surface area contributed by atoms with Gasteiger partial charge in [0.25, 0.3) is 0 Å². The van der Waals surface area contributed by atoms with Gasteiger partial charge in [0.2, 0.25) is 5.11 Å². The van der Waals surface area contributed by atoms with Gasteiger partial charge in [-0.3, -0.25) is 10.9 Å². The van der Waals surface area contributed by atoms with Crippen LogP contribution < -0.4 is 16.7 Å². The van der Waals surface area contributed by atoms with Crippen molar-refractivity contribution in [2.45, 2.75) is 0 Å². The molecule has 6 N–H and O–H groups in total. The molecular weight excluding hydrogens is 216 g/mol. The number of nitrogens with one attached hydrogen (secondary N) is 2. The van der Waals surface area contributed by atoms with Crippen LogP contribution in [0.3, 0.4) is 0 Å². The summed E-state index contributed by atoms with van der Waals surface area (Å²) < 4.78 is 0. The Labute approximate surface area is 91.4 Å². The molecule has 1 rings (SSSR count). The van der Waals surface area contributed by atoms with Crippen LogP contribution in [0, 0.1) is 0 Å². The molecule has 0 heterocycles. The Hall–Kier alpha value is -1.86. The molecule has 7 heteroatoms. The van der Waals surface area contributed by atoms with Crippen LogP contribution in [0.5, 0.6) is 11.5 Å². The van der Waals surface area contributed by atoms with Crippen molar-refractivity contribution in [2.24, 2.45) is 10.9 Å². The average molecular weight is 226 g/mol. The molecule has 0 bridgehead atoms. The molecule has 0 aromatic heterocycles. The number of hydrogen-bond donors (Lipinski definition) is 5. The molecule has 0 spiro atoms. The van der Waals surface area contributed by atoms with Gasteiger partial charge < -0.3 is 10.2 Å². The van der Waals surface area contributed by atoms with E-state index < -0.39 is 0 Å². The molecule has 80 valence electrons. The van der Waals surface area contributed by atoms with Crippen molar-refractivity contribution in [2.75, 3.05) is 0 Å². The molecule has 0 aliphatic heterocycles. The van der Waals surface area contributed by atoms with Crippen molar-refractivity contribution in [3.8, 4) is 11.5 Å². The third-order valence-corrected chi connectivity index (χ3v) is 1.72. The molecule has 0 aliphatic carbocycles. The van der Waals surface area contributed by atoms with Gasteiger partial charge in [-0.25, -0.2) is 5.84 Å². The maximum absolute atomic E-state index is 9.16. The predicted molar refractivity (Wildman–Crippen MR) is 60.4 cm³/mol. The number of nitrogens with zero attached hydrogens (tertiary/aromatic N) is 1. The lowest BCUT2D eigenvalue weighted by Crippen LogP contribution is -2.37. The molecule has 0 radical (unpaired) electrons. The first-order chi connectivity index (χ1) is 7.13. The van der Waals surface area contributed by atoms with Crippen molar-refractivity contribution in [3.05, 3.63) is 23.8 Å². The van der Waals surface area contributed by atoms with Gasteiger partial charge in [-0.05, 0) is 36.0 Å². The van der Waals surface area contributed by atoms with E-state index in [4.69, 9.17) is 16.1 Å². The molecule has 1 aromatic carbocycles. The second-order valence-electron chi connectivity index (χ2n) is 2.59. The number of hydrazone groups is 1. The highest BCUT2D eigenvalue weighted by Crippen LogP contribution is 2.23. The highest BCUT2D eigenvalue weighted by Gasteiger charge is 1.97. The van der Waals surface area contributed by atoms with E-state index in [9.17, 15) is 0 Å². The number of nitrogens with two attached hydrogens (primary N) is 1.